The summed E-state index contributed by atoms with van der Waals surface area (Å²) in [7, 11) is 0. The molecule has 0 atom stereocenters. The first kappa shape index (κ1) is 15.5. The van der Waals surface area contributed by atoms with Gasteiger partial charge in [-0.05, 0) is 49.4 Å². The average molecular weight is 404 g/mol. The minimum Gasteiger partial charge on any atom is -0.507 e. The van der Waals surface area contributed by atoms with Crippen LogP contribution >= 0.6 is 27.3 Å². The van der Waals surface area contributed by atoms with Crippen molar-refractivity contribution in [3.63, 3.8) is 0 Å². The van der Waals surface area contributed by atoms with Gasteiger partial charge in [0, 0.05) is 14.9 Å². The van der Waals surface area contributed by atoms with Crippen molar-refractivity contribution < 1.29 is 5.11 Å². The summed E-state index contributed by atoms with van der Waals surface area (Å²) in [5.74, 6) is 0.108. The molecule has 24 heavy (non-hydrogen) atoms. The van der Waals surface area contributed by atoms with Crippen molar-refractivity contribution in [2.75, 3.05) is 0 Å². The van der Waals surface area contributed by atoms with Gasteiger partial charge in [-0.3, -0.25) is 4.79 Å². The van der Waals surface area contributed by atoms with Crippen LogP contribution < -0.4 is 5.56 Å². The Morgan fingerprint density at radius 2 is 2.17 bits per heavy atom. The van der Waals surface area contributed by atoms with E-state index in [1.807, 2.05) is 0 Å². The highest BCUT2D eigenvalue weighted by Crippen LogP contribution is 2.33. The lowest BCUT2D eigenvalue weighted by molar-refractivity contribution is 0.474. The molecule has 0 bridgehead atoms. The average Bonchev–Trinajstić information content (AvgIpc) is 2.96. The summed E-state index contributed by atoms with van der Waals surface area (Å²) >= 11 is 4.97. The standard InChI is InChI=1S/C17H14BrN3O2S/c18-11-5-6-13(22)10(7-11)8-20-21-9-19-16-15(17(21)23)12-3-1-2-4-14(12)24-16/h5-9,22H,1-4H2/b20-8+. The first-order valence-electron chi connectivity index (χ1n) is 7.68. The summed E-state index contributed by atoms with van der Waals surface area (Å²) < 4.78 is 2.07. The number of aromatic hydroxyl groups is 1. The van der Waals surface area contributed by atoms with Crippen LogP contribution in [0.15, 0.2) is 38.9 Å². The van der Waals surface area contributed by atoms with Crippen LogP contribution in [0.3, 0.4) is 0 Å². The highest BCUT2D eigenvalue weighted by atomic mass is 79.9. The Bertz CT molecular complexity index is 1020. The Labute approximate surface area is 150 Å². The van der Waals surface area contributed by atoms with Crippen LogP contribution in [0.2, 0.25) is 0 Å². The Kier molecular flexibility index (Phi) is 3.97. The topological polar surface area (TPSA) is 67.5 Å². The van der Waals surface area contributed by atoms with Gasteiger partial charge in [-0.25, -0.2) is 4.98 Å². The van der Waals surface area contributed by atoms with E-state index in [4.69, 9.17) is 0 Å². The number of aromatic nitrogens is 2. The summed E-state index contributed by atoms with van der Waals surface area (Å²) in [5, 5.41) is 14.8. The molecule has 2 aromatic heterocycles. The van der Waals surface area contributed by atoms with Gasteiger partial charge in [-0.2, -0.15) is 9.78 Å². The second-order valence-corrected chi connectivity index (χ2v) is 7.73. The molecule has 1 aliphatic rings. The lowest BCUT2D eigenvalue weighted by Gasteiger charge is -2.09. The lowest BCUT2D eigenvalue weighted by atomic mass is 9.97. The number of aryl methyl sites for hydroxylation is 2. The van der Waals surface area contributed by atoms with E-state index in [1.165, 1.54) is 28.5 Å². The normalized spacial score (nSPS) is 14.4. The Hall–Kier alpha value is -1.99. The summed E-state index contributed by atoms with van der Waals surface area (Å²) in [6, 6.07) is 5.05. The van der Waals surface area contributed by atoms with E-state index in [0.717, 1.165) is 34.1 Å². The molecule has 122 valence electrons. The van der Waals surface area contributed by atoms with Gasteiger partial charge < -0.3 is 5.11 Å². The Balaban J connectivity index is 1.80. The van der Waals surface area contributed by atoms with Crippen LogP contribution in [0.25, 0.3) is 10.2 Å². The molecule has 2 heterocycles. The predicted molar refractivity (Wildman–Crippen MR) is 99.3 cm³/mol. The molecule has 1 aliphatic carbocycles. The Morgan fingerprint density at radius 3 is 3.04 bits per heavy atom. The van der Waals surface area contributed by atoms with Crippen LogP contribution in [-0.2, 0) is 12.8 Å². The van der Waals surface area contributed by atoms with Gasteiger partial charge in [0.05, 0.1) is 11.6 Å². The fourth-order valence-electron chi connectivity index (χ4n) is 2.97. The number of halogens is 1. The van der Waals surface area contributed by atoms with Crippen molar-refractivity contribution in [3.8, 4) is 5.75 Å². The molecule has 0 spiro atoms. The van der Waals surface area contributed by atoms with Crippen LogP contribution in [0.5, 0.6) is 5.75 Å². The van der Waals surface area contributed by atoms with Gasteiger partial charge in [0.15, 0.2) is 0 Å². The number of nitrogens with zero attached hydrogens (tertiary/aromatic N) is 3. The van der Waals surface area contributed by atoms with Gasteiger partial charge in [-0.15, -0.1) is 11.3 Å². The third-order valence-electron chi connectivity index (χ3n) is 4.17. The van der Waals surface area contributed by atoms with Gasteiger partial charge in [0.2, 0.25) is 0 Å². The molecule has 0 saturated heterocycles. The van der Waals surface area contributed by atoms with E-state index in [9.17, 15) is 9.90 Å². The van der Waals surface area contributed by atoms with E-state index < -0.39 is 0 Å². The predicted octanol–water partition coefficient (Wildman–Crippen LogP) is 3.69. The number of hydrogen-bond donors (Lipinski definition) is 1. The molecule has 4 rings (SSSR count). The molecule has 1 N–H and O–H groups in total. The summed E-state index contributed by atoms with van der Waals surface area (Å²) in [5.41, 5.74) is 1.53. The minimum atomic E-state index is -0.148. The van der Waals surface area contributed by atoms with Crippen molar-refractivity contribution in [3.05, 3.63) is 55.4 Å². The molecule has 0 amide bonds. The zero-order valence-electron chi connectivity index (χ0n) is 12.7. The molecule has 5 nitrogen and oxygen atoms in total. The maximum atomic E-state index is 12.8. The second-order valence-electron chi connectivity index (χ2n) is 5.73. The first-order valence-corrected chi connectivity index (χ1v) is 9.29. The minimum absolute atomic E-state index is 0.108. The highest BCUT2D eigenvalue weighted by Gasteiger charge is 2.19. The third kappa shape index (κ3) is 2.67. The van der Waals surface area contributed by atoms with Crippen molar-refractivity contribution in [2.45, 2.75) is 25.7 Å². The molecule has 1 aromatic carbocycles. The molecule has 0 unspecified atom stereocenters. The summed E-state index contributed by atoms with van der Waals surface area (Å²) in [4.78, 5) is 19.3. The maximum absolute atomic E-state index is 12.8. The second kappa shape index (κ2) is 6.14. The molecule has 0 saturated carbocycles. The first-order chi connectivity index (χ1) is 11.6. The van der Waals surface area contributed by atoms with Crippen molar-refractivity contribution in [2.24, 2.45) is 5.10 Å². The number of rotatable bonds is 2. The van der Waals surface area contributed by atoms with Crippen molar-refractivity contribution in [1.29, 1.82) is 0 Å². The monoisotopic (exact) mass is 403 g/mol. The largest absolute Gasteiger partial charge is 0.507 e. The van der Waals surface area contributed by atoms with Gasteiger partial charge in [-0.1, -0.05) is 15.9 Å². The molecule has 3 aromatic rings. The fraction of sp³-hybridized carbons (Fsp3) is 0.235. The molecule has 0 aliphatic heterocycles. The van der Waals surface area contributed by atoms with Crippen LogP contribution in [0.4, 0.5) is 0 Å². The zero-order chi connectivity index (χ0) is 16.7. The van der Waals surface area contributed by atoms with E-state index in [0.29, 0.717) is 10.9 Å². The number of fused-ring (bicyclic) bond motifs is 3. The van der Waals surface area contributed by atoms with Gasteiger partial charge in [0.1, 0.15) is 16.9 Å². The van der Waals surface area contributed by atoms with Crippen LogP contribution in [0, 0.1) is 0 Å². The highest BCUT2D eigenvalue weighted by molar-refractivity contribution is 9.10. The van der Waals surface area contributed by atoms with E-state index >= 15 is 0 Å². The maximum Gasteiger partial charge on any atom is 0.282 e. The number of phenolic OH excluding ortho intramolecular Hbond substituents is 1. The van der Waals surface area contributed by atoms with E-state index in [-0.39, 0.29) is 11.3 Å². The molecular weight excluding hydrogens is 390 g/mol. The number of phenols is 1. The van der Waals surface area contributed by atoms with Crippen molar-refractivity contribution in [1.82, 2.24) is 9.66 Å². The number of thiophene rings is 1. The fourth-order valence-corrected chi connectivity index (χ4v) is 4.57. The van der Waals surface area contributed by atoms with Crippen LogP contribution in [0.1, 0.15) is 28.8 Å². The molecular formula is C17H14BrN3O2S. The Morgan fingerprint density at radius 1 is 1.33 bits per heavy atom. The van der Waals surface area contributed by atoms with Gasteiger partial charge >= 0.3 is 0 Å². The molecule has 0 radical (unpaired) electrons. The lowest BCUT2D eigenvalue weighted by Crippen LogP contribution is -2.18. The third-order valence-corrected chi connectivity index (χ3v) is 5.86. The van der Waals surface area contributed by atoms with Crippen LogP contribution in [-0.4, -0.2) is 21.0 Å². The smallest absolute Gasteiger partial charge is 0.282 e. The van der Waals surface area contributed by atoms with Gasteiger partial charge in [0.25, 0.3) is 5.56 Å². The number of hydrogen-bond acceptors (Lipinski definition) is 5. The van der Waals surface area contributed by atoms with E-state index in [1.54, 1.807) is 29.5 Å². The summed E-state index contributed by atoms with van der Waals surface area (Å²) in [6.07, 6.45) is 7.17. The van der Waals surface area contributed by atoms with E-state index in [2.05, 4.69) is 26.0 Å². The zero-order valence-corrected chi connectivity index (χ0v) is 15.1. The van der Waals surface area contributed by atoms with Crippen molar-refractivity contribution >= 4 is 43.7 Å². The SMILES string of the molecule is O=c1c2c3c(sc2ncn1/N=C/c1cc(Br)ccc1O)CCCC3. The quantitative estimate of drug-likeness (QED) is 0.663. The number of benzene rings is 1. The molecule has 7 heteroatoms. The molecule has 0 fully saturated rings. The summed E-state index contributed by atoms with van der Waals surface area (Å²) in [6.45, 7) is 0.